The quantitative estimate of drug-likeness (QED) is 0.750. The molecule has 0 aromatic carbocycles. The fraction of sp³-hybridized carbons (Fsp3) is 0.812. The summed E-state index contributed by atoms with van der Waals surface area (Å²) in [7, 11) is -0.527. The first-order valence-corrected chi connectivity index (χ1v) is 8.63. The summed E-state index contributed by atoms with van der Waals surface area (Å²) in [5.74, 6) is 0. The maximum atomic E-state index is 12.0. The number of carbonyl (C=O) groups is 1. The maximum absolute atomic E-state index is 12.0. The van der Waals surface area contributed by atoms with Gasteiger partial charge in [-0.1, -0.05) is 0 Å². The van der Waals surface area contributed by atoms with Crippen LogP contribution in [0.5, 0.6) is 0 Å². The Labute approximate surface area is 148 Å². The van der Waals surface area contributed by atoms with Gasteiger partial charge in [0.15, 0.2) is 0 Å². The van der Waals surface area contributed by atoms with E-state index >= 15 is 0 Å². The minimum atomic E-state index is -0.527. The molecule has 2 fully saturated rings. The molecule has 1 amide bonds. The van der Waals surface area contributed by atoms with Crippen LogP contribution in [0.25, 0.3) is 0 Å². The third kappa shape index (κ3) is 3.53. The van der Waals surface area contributed by atoms with Gasteiger partial charge < -0.3 is 18.9 Å². The summed E-state index contributed by atoms with van der Waals surface area (Å²) in [5.41, 5.74) is -0.665. The molecular weight excluding hydrogens is 323 g/mol. The molecule has 3 heterocycles. The second kappa shape index (κ2) is 5.70. The summed E-state index contributed by atoms with van der Waals surface area (Å²) in [4.78, 5) is 15.3. The van der Waals surface area contributed by atoms with Crippen LogP contribution in [0.3, 0.4) is 0 Å². The Bertz CT molecular complexity index is 645. The van der Waals surface area contributed by atoms with Gasteiger partial charge >= 0.3 is 13.2 Å². The summed E-state index contributed by atoms with van der Waals surface area (Å²) in [6, 6.07) is 0.0451. The SMILES string of the molecule is CC(C)(C)OC(=O)N1CC(n2ncc(B3OC(C)(C)C(C)(C)O3)n2)C1. The summed E-state index contributed by atoms with van der Waals surface area (Å²) >= 11 is 0. The third-order valence-corrected chi connectivity index (χ3v) is 4.86. The van der Waals surface area contributed by atoms with Crippen LogP contribution >= 0.6 is 0 Å². The Morgan fingerprint density at radius 3 is 2.32 bits per heavy atom. The first-order valence-electron chi connectivity index (χ1n) is 8.63. The number of carbonyl (C=O) groups excluding carboxylic acids is 1. The van der Waals surface area contributed by atoms with E-state index in [0.29, 0.717) is 18.7 Å². The number of hydrogen-bond acceptors (Lipinski definition) is 6. The number of rotatable bonds is 2. The van der Waals surface area contributed by atoms with Gasteiger partial charge in [0.1, 0.15) is 17.2 Å². The van der Waals surface area contributed by atoms with Crippen molar-refractivity contribution in [1.82, 2.24) is 19.9 Å². The maximum Gasteiger partial charge on any atom is 0.518 e. The van der Waals surface area contributed by atoms with Gasteiger partial charge in [0, 0.05) is 0 Å². The van der Waals surface area contributed by atoms with E-state index in [-0.39, 0.29) is 12.1 Å². The molecule has 1 aromatic rings. The Kier molecular flexibility index (Phi) is 4.15. The topological polar surface area (TPSA) is 78.7 Å². The van der Waals surface area contributed by atoms with E-state index in [2.05, 4.69) is 10.2 Å². The van der Waals surface area contributed by atoms with Crippen molar-refractivity contribution in [2.24, 2.45) is 0 Å². The van der Waals surface area contributed by atoms with Crippen LogP contribution in [-0.2, 0) is 14.0 Å². The van der Waals surface area contributed by atoms with Gasteiger partial charge in [-0.25, -0.2) is 4.79 Å². The standard InChI is InChI=1S/C16H27BN4O4/c1-14(2,3)23-13(22)20-9-11(10-20)21-18-8-12(19-21)17-24-15(4,5)16(6,7)25-17/h8,11H,9-10H2,1-7H3. The minimum absolute atomic E-state index is 0.0451. The van der Waals surface area contributed by atoms with Crippen LogP contribution in [-0.4, -0.2) is 63.0 Å². The van der Waals surface area contributed by atoms with Gasteiger partial charge in [0.05, 0.1) is 30.5 Å². The number of nitrogens with zero attached hydrogens (tertiary/aromatic N) is 4. The van der Waals surface area contributed by atoms with Crippen molar-refractivity contribution in [3.05, 3.63) is 6.20 Å². The predicted octanol–water partition coefficient (Wildman–Crippen LogP) is 1.37. The van der Waals surface area contributed by atoms with Gasteiger partial charge in [-0.3, -0.25) is 0 Å². The number of ether oxygens (including phenoxy) is 1. The molecule has 138 valence electrons. The number of hydrogen-bond donors (Lipinski definition) is 0. The van der Waals surface area contributed by atoms with Crippen LogP contribution in [0.2, 0.25) is 0 Å². The van der Waals surface area contributed by atoms with Crippen molar-refractivity contribution in [2.45, 2.75) is 71.3 Å². The van der Waals surface area contributed by atoms with E-state index in [9.17, 15) is 4.79 Å². The zero-order chi connectivity index (χ0) is 18.6. The molecule has 2 saturated heterocycles. The molecule has 1 aromatic heterocycles. The van der Waals surface area contributed by atoms with Crippen molar-refractivity contribution >= 4 is 18.8 Å². The molecule has 25 heavy (non-hydrogen) atoms. The molecule has 9 heteroatoms. The second-order valence-corrected chi connectivity index (χ2v) is 8.72. The first-order chi connectivity index (χ1) is 11.4. The highest BCUT2D eigenvalue weighted by Crippen LogP contribution is 2.36. The lowest BCUT2D eigenvalue weighted by molar-refractivity contribution is -0.00221. The van der Waals surface area contributed by atoms with Gasteiger partial charge in [-0.05, 0) is 48.5 Å². The normalized spacial score (nSPS) is 22.8. The molecule has 0 spiro atoms. The van der Waals surface area contributed by atoms with Crippen LogP contribution in [0.1, 0.15) is 54.5 Å². The third-order valence-electron chi connectivity index (χ3n) is 4.86. The van der Waals surface area contributed by atoms with Gasteiger partial charge in [0.25, 0.3) is 0 Å². The lowest BCUT2D eigenvalue weighted by Gasteiger charge is -2.38. The average molecular weight is 350 g/mol. The molecule has 0 radical (unpaired) electrons. The Hall–Kier alpha value is -1.61. The minimum Gasteiger partial charge on any atom is -0.444 e. The molecule has 2 aliphatic heterocycles. The highest BCUT2D eigenvalue weighted by molar-refractivity contribution is 6.61. The molecule has 0 saturated carbocycles. The largest absolute Gasteiger partial charge is 0.518 e. The summed E-state index contributed by atoms with van der Waals surface area (Å²) in [6.07, 6.45) is 1.36. The molecular formula is C16H27BN4O4. The van der Waals surface area contributed by atoms with Gasteiger partial charge in [-0.15, -0.1) is 0 Å². The Morgan fingerprint density at radius 1 is 1.24 bits per heavy atom. The highest BCUT2D eigenvalue weighted by Gasteiger charge is 2.53. The van der Waals surface area contributed by atoms with Crippen molar-refractivity contribution in [3.8, 4) is 0 Å². The number of likely N-dealkylation sites (tertiary alicyclic amines) is 1. The zero-order valence-corrected chi connectivity index (χ0v) is 16.1. The molecule has 0 unspecified atom stereocenters. The summed E-state index contributed by atoms with van der Waals surface area (Å²) in [5, 5.41) is 8.80. The van der Waals surface area contributed by atoms with E-state index in [1.165, 1.54) is 0 Å². The predicted molar refractivity (Wildman–Crippen MR) is 92.6 cm³/mol. The van der Waals surface area contributed by atoms with Crippen molar-refractivity contribution < 1.29 is 18.8 Å². The van der Waals surface area contributed by atoms with Crippen LogP contribution in [0.4, 0.5) is 4.79 Å². The monoisotopic (exact) mass is 350 g/mol. The van der Waals surface area contributed by atoms with Crippen molar-refractivity contribution in [1.29, 1.82) is 0 Å². The lowest BCUT2D eigenvalue weighted by atomic mass is 9.86. The van der Waals surface area contributed by atoms with Gasteiger partial charge in [0.2, 0.25) is 0 Å². The molecule has 0 bridgehead atoms. The lowest BCUT2D eigenvalue weighted by Crippen LogP contribution is -2.53. The average Bonchev–Trinajstić information content (AvgIpc) is 2.89. The first kappa shape index (κ1) is 18.2. The Morgan fingerprint density at radius 2 is 1.80 bits per heavy atom. The molecule has 8 nitrogen and oxygen atoms in total. The molecule has 0 aliphatic carbocycles. The van der Waals surface area contributed by atoms with Crippen LogP contribution in [0.15, 0.2) is 6.20 Å². The van der Waals surface area contributed by atoms with Crippen LogP contribution < -0.4 is 5.59 Å². The smallest absolute Gasteiger partial charge is 0.444 e. The summed E-state index contributed by atoms with van der Waals surface area (Å²) < 4.78 is 17.3. The Balaban J connectivity index is 1.59. The second-order valence-electron chi connectivity index (χ2n) is 8.72. The van der Waals surface area contributed by atoms with Crippen molar-refractivity contribution in [2.75, 3.05) is 13.1 Å². The van der Waals surface area contributed by atoms with E-state index < -0.39 is 23.9 Å². The molecule has 0 N–H and O–H groups in total. The highest BCUT2D eigenvalue weighted by atomic mass is 16.7. The summed E-state index contributed by atoms with van der Waals surface area (Å²) in [6.45, 7) is 14.6. The van der Waals surface area contributed by atoms with Crippen molar-refractivity contribution in [3.63, 3.8) is 0 Å². The van der Waals surface area contributed by atoms with E-state index in [1.54, 1.807) is 15.9 Å². The number of aromatic nitrogens is 3. The van der Waals surface area contributed by atoms with E-state index in [4.69, 9.17) is 14.0 Å². The van der Waals surface area contributed by atoms with Crippen LogP contribution in [0, 0.1) is 0 Å². The molecule has 0 atom stereocenters. The van der Waals surface area contributed by atoms with Gasteiger partial charge in [-0.2, -0.15) is 15.0 Å². The zero-order valence-electron chi connectivity index (χ0n) is 16.1. The van der Waals surface area contributed by atoms with E-state index in [0.717, 1.165) is 0 Å². The fourth-order valence-electron chi connectivity index (χ4n) is 2.61. The number of amides is 1. The molecule has 2 aliphatic rings. The molecule has 3 rings (SSSR count). The van der Waals surface area contributed by atoms with E-state index in [1.807, 2.05) is 48.5 Å². The fourth-order valence-corrected chi connectivity index (χ4v) is 2.61.